The zero-order valence-corrected chi connectivity index (χ0v) is 15.9. The number of amidine groups is 1. The van der Waals surface area contributed by atoms with Gasteiger partial charge in [0.2, 0.25) is 5.91 Å². The van der Waals surface area contributed by atoms with Gasteiger partial charge in [0.1, 0.15) is 10.9 Å². The van der Waals surface area contributed by atoms with Gasteiger partial charge in [-0.1, -0.05) is 25.5 Å². The molecule has 0 bridgehead atoms. The molecule has 3 aliphatic rings. The van der Waals surface area contributed by atoms with Crippen molar-refractivity contribution in [3.8, 4) is 0 Å². The maximum Gasteiger partial charge on any atom is 0.285 e. The highest BCUT2D eigenvalue weighted by atomic mass is 32.2. The Labute approximate surface area is 154 Å². The quantitative estimate of drug-likeness (QED) is 0.795. The molecule has 0 saturated carbocycles. The molecule has 7 heteroatoms. The topological polar surface area (TPSA) is 70.1 Å². The van der Waals surface area contributed by atoms with Crippen molar-refractivity contribution in [2.24, 2.45) is 10.3 Å². The van der Waals surface area contributed by atoms with Crippen LogP contribution in [0.2, 0.25) is 0 Å². The van der Waals surface area contributed by atoms with E-state index in [1.165, 1.54) is 6.42 Å². The zero-order valence-electron chi connectivity index (χ0n) is 15.1. The van der Waals surface area contributed by atoms with Crippen LogP contribution in [0.4, 0.5) is 0 Å². The fraction of sp³-hybridized carbons (Fsp3) is 0.579. The van der Waals surface area contributed by atoms with E-state index in [-0.39, 0.29) is 16.8 Å². The summed E-state index contributed by atoms with van der Waals surface area (Å²) in [5.74, 6) is 1.15. The standard InChI is InChI=1S/C19H25N3O3S/c1-2-14-7-5-11-21(13-14)19(23)16-9-6-12-22(16)18-15-8-3-4-10-17(15)26(24,25)20-18/h3-4,8,10,14,16H,2,5-7,9,11-13H2,1H3/t14?,16-/m0/s1. The molecule has 0 spiro atoms. The Balaban J connectivity index is 1.61. The van der Waals surface area contributed by atoms with Gasteiger partial charge in [0.25, 0.3) is 10.0 Å². The summed E-state index contributed by atoms with van der Waals surface area (Å²) in [4.78, 5) is 17.3. The Kier molecular flexibility index (Phi) is 4.50. The fourth-order valence-electron chi connectivity index (χ4n) is 4.38. The molecule has 0 N–H and O–H groups in total. The number of likely N-dealkylation sites (tertiary alicyclic amines) is 2. The third-order valence-corrected chi connectivity index (χ3v) is 7.16. The van der Waals surface area contributed by atoms with Crippen LogP contribution in [0.5, 0.6) is 0 Å². The van der Waals surface area contributed by atoms with Crippen LogP contribution in [0.15, 0.2) is 33.6 Å². The van der Waals surface area contributed by atoms with E-state index in [1.807, 2.05) is 15.9 Å². The lowest BCUT2D eigenvalue weighted by Crippen LogP contribution is -2.50. The summed E-state index contributed by atoms with van der Waals surface area (Å²) in [6, 6.07) is 6.60. The Morgan fingerprint density at radius 1 is 1.19 bits per heavy atom. The molecular weight excluding hydrogens is 350 g/mol. The number of hydrogen-bond acceptors (Lipinski definition) is 4. The number of nitrogens with zero attached hydrogens (tertiary/aromatic N) is 3. The van der Waals surface area contributed by atoms with E-state index in [0.29, 0.717) is 23.9 Å². The highest BCUT2D eigenvalue weighted by Crippen LogP contribution is 2.32. The molecule has 3 heterocycles. The van der Waals surface area contributed by atoms with Crippen LogP contribution >= 0.6 is 0 Å². The molecule has 1 aromatic rings. The number of hydrogen-bond donors (Lipinski definition) is 0. The van der Waals surface area contributed by atoms with Gasteiger partial charge in [0.15, 0.2) is 5.84 Å². The van der Waals surface area contributed by atoms with Crippen LogP contribution in [-0.4, -0.2) is 55.6 Å². The second kappa shape index (κ2) is 6.68. The monoisotopic (exact) mass is 375 g/mol. The third kappa shape index (κ3) is 2.92. The van der Waals surface area contributed by atoms with Crippen molar-refractivity contribution in [2.45, 2.75) is 50.0 Å². The summed E-state index contributed by atoms with van der Waals surface area (Å²) < 4.78 is 28.8. The molecule has 3 aliphatic heterocycles. The Bertz CT molecular complexity index is 849. The van der Waals surface area contributed by atoms with Gasteiger partial charge in [-0.3, -0.25) is 4.79 Å². The maximum atomic E-state index is 13.2. The van der Waals surface area contributed by atoms with Crippen LogP contribution in [0, 0.1) is 5.92 Å². The molecule has 2 atom stereocenters. The van der Waals surface area contributed by atoms with Gasteiger partial charge < -0.3 is 9.80 Å². The first-order valence-corrected chi connectivity index (χ1v) is 10.9. The van der Waals surface area contributed by atoms with Crippen molar-refractivity contribution >= 4 is 21.8 Å². The summed E-state index contributed by atoms with van der Waals surface area (Å²) >= 11 is 0. The minimum Gasteiger partial charge on any atom is -0.343 e. The number of piperidine rings is 1. The average Bonchev–Trinajstić information content (AvgIpc) is 3.24. The van der Waals surface area contributed by atoms with Crippen molar-refractivity contribution in [2.75, 3.05) is 19.6 Å². The highest BCUT2D eigenvalue weighted by molar-refractivity contribution is 7.90. The molecule has 4 rings (SSSR count). The molecule has 1 unspecified atom stereocenters. The number of sulfonamides is 1. The lowest BCUT2D eigenvalue weighted by atomic mass is 9.95. The number of carbonyl (C=O) groups excluding carboxylic acids is 1. The molecule has 0 aromatic heterocycles. The summed E-state index contributed by atoms with van der Waals surface area (Å²) in [5, 5.41) is 0. The Hall–Kier alpha value is -1.89. The molecule has 26 heavy (non-hydrogen) atoms. The second-order valence-corrected chi connectivity index (χ2v) is 9.01. The average molecular weight is 375 g/mol. The van der Waals surface area contributed by atoms with Crippen molar-refractivity contribution in [1.29, 1.82) is 0 Å². The minimum absolute atomic E-state index is 0.130. The number of carbonyl (C=O) groups is 1. The van der Waals surface area contributed by atoms with Gasteiger partial charge in [-0.15, -0.1) is 4.40 Å². The molecule has 140 valence electrons. The van der Waals surface area contributed by atoms with E-state index in [2.05, 4.69) is 11.3 Å². The first-order valence-electron chi connectivity index (χ1n) is 9.51. The van der Waals surface area contributed by atoms with E-state index >= 15 is 0 Å². The highest BCUT2D eigenvalue weighted by Gasteiger charge is 2.41. The summed E-state index contributed by atoms with van der Waals surface area (Å²) in [6.45, 7) is 4.47. The van der Waals surface area contributed by atoms with Crippen LogP contribution < -0.4 is 0 Å². The summed E-state index contributed by atoms with van der Waals surface area (Å²) in [6.07, 6.45) is 4.97. The SMILES string of the molecule is CCC1CCCN(C(=O)[C@@H]2CCCN2C2=NS(=O)(=O)c3ccccc32)C1. The molecule has 0 radical (unpaired) electrons. The Morgan fingerprint density at radius 3 is 2.77 bits per heavy atom. The normalized spacial score (nSPS) is 27.3. The van der Waals surface area contributed by atoms with E-state index in [1.54, 1.807) is 18.2 Å². The molecule has 2 saturated heterocycles. The van der Waals surface area contributed by atoms with E-state index in [0.717, 1.165) is 38.8 Å². The lowest BCUT2D eigenvalue weighted by molar-refractivity contribution is -0.136. The first kappa shape index (κ1) is 17.5. The lowest BCUT2D eigenvalue weighted by Gasteiger charge is -2.36. The van der Waals surface area contributed by atoms with Gasteiger partial charge in [0.05, 0.1) is 0 Å². The van der Waals surface area contributed by atoms with Gasteiger partial charge in [-0.25, -0.2) is 0 Å². The number of fused-ring (bicyclic) bond motifs is 1. The molecule has 6 nitrogen and oxygen atoms in total. The molecule has 1 aromatic carbocycles. The van der Waals surface area contributed by atoms with Crippen LogP contribution in [0.3, 0.4) is 0 Å². The maximum absolute atomic E-state index is 13.2. The predicted octanol–water partition coefficient (Wildman–Crippen LogP) is 2.25. The van der Waals surface area contributed by atoms with Crippen molar-refractivity contribution in [3.05, 3.63) is 29.8 Å². The molecule has 1 amide bonds. The van der Waals surface area contributed by atoms with Gasteiger partial charge in [0, 0.05) is 25.2 Å². The van der Waals surface area contributed by atoms with Crippen molar-refractivity contribution < 1.29 is 13.2 Å². The minimum atomic E-state index is -3.66. The van der Waals surface area contributed by atoms with Crippen LogP contribution in [0.25, 0.3) is 0 Å². The second-order valence-electron chi connectivity index (χ2n) is 7.44. The van der Waals surface area contributed by atoms with Gasteiger partial charge in [-0.2, -0.15) is 8.42 Å². The number of amides is 1. The van der Waals surface area contributed by atoms with Crippen molar-refractivity contribution in [1.82, 2.24) is 9.80 Å². The largest absolute Gasteiger partial charge is 0.343 e. The van der Waals surface area contributed by atoms with Gasteiger partial charge in [-0.05, 0) is 43.7 Å². The summed E-state index contributed by atoms with van der Waals surface area (Å²) in [7, 11) is -3.66. The van der Waals surface area contributed by atoms with Gasteiger partial charge >= 0.3 is 0 Å². The van der Waals surface area contributed by atoms with Crippen LogP contribution in [0.1, 0.15) is 44.6 Å². The predicted molar refractivity (Wildman–Crippen MR) is 99.5 cm³/mol. The van der Waals surface area contributed by atoms with E-state index in [4.69, 9.17) is 0 Å². The Morgan fingerprint density at radius 2 is 1.96 bits per heavy atom. The molecule has 0 aliphatic carbocycles. The van der Waals surface area contributed by atoms with Crippen molar-refractivity contribution in [3.63, 3.8) is 0 Å². The first-order chi connectivity index (χ1) is 12.5. The zero-order chi connectivity index (χ0) is 18.3. The fourth-order valence-corrected chi connectivity index (χ4v) is 5.60. The number of rotatable bonds is 2. The number of benzene rings is 1. The third-order valence-electron chi connectivity index (χ3n) is 5.83. The summed E-state index contributed by atoms with van der Waals surface area (Å²) in [5.41, 5.74) is 0.622. The molecular formula is C19H25N3O3S. The molecule has 2 fully saturated rings. The van der Waals surface area contributed by atoms with Crippen LogP contribution in [-0.2, 0) is 14.8 Å². The van der Waals surface area contributed by atoms with E-state index in [9.17, 15) is 13.2 Å². The smallest absolute Gasteiger partial charge is 0.285 e. The van der Waals surface area contributed by atoms with E-state index < -0.39 is 10.0 Å².